The molecule has 0 saturated heterocycles. The average molecular weight is 183 g/mol. The van der Waals surface area contributed by atoms with E-state index in [-0.39, 0.29) is 5.82 Å². The molecule has 1 atom stereocenters. The lowest BCUT2D eigenvalue weighted by molar-refractivity contribution is 0.601. The topological polar surface area (TPSA) is 12.0 Å². The fourth-order valence-electron chi connectivity index (χ4n) is 1.28. The summed E-state index contributed by atoms with van der Waals surface area (Å²) in [5.74, 6) is 0.824. The second kappa shape index (κ2) is 2.98. The van der Waals surface area contributed by atoms with Crippen molar-refractivity contribution >= 4 is 17.4 Å². The molecule has 1 aromatic carbocycles. The van der Waals surface area contributed by atoms with Crippen LogP contribution in [-0.2, 0) is 0 Å². The Morgan fingerprint density at radius 1 is 1.58 bits per heavy atom. The first-order valence-corrected chi connectivity index (χ1v) is 4.94. The van der Waals surface area contributed by atoms with Crippen molar-refractivity contribution < 1.29 is 4.39 Å². The van der Waals surface area contributed by atoms with Crippen LogP contribution in [-0.4, -0.2) is 11.8 Å². The maximum Gasteiger partial charge on any atom is 0.138 e. The SMILES string of the molecule is CC1CSc2c(F)cccc2N1. The number of hydrogen-bond acceptors (Lipinski definition) is 2. The van der Waals surface area contributed by atoms with Crippen molar-refractivity contribution in [1.82, 2.24) is 0 Å². The van der Waals surface area contributed by atoms with E-state index in [0.29, 0.717) is 6.04 Å². The molecule has 0 spiro atoms. The number of thioether (sulfide) groups is 1. The van der Waals surface area contributed by atoms with E-state index in [9.17, 15) is 4.39 Å². The summed E-state index contributed by atoms with van der Waals surface area (Å²) in [5.41, 5.74) is 0.929. The van der Waals surface area contributed by atoms with Crippen LogP contribution in [0.15, 0.2) is 23.1 Å². The molecule has 1 aliphatic rings. The molecule has 1 nitrogen and oxygen atoms in total. The zero-order valence-corrected chi connectivity index (χ0v) is 7.62. The first kappa shape index (κ1) is 7.92. The van der Waals surface area contributed by atoms with Gasteiger partial charge in [-0.3, -0.25) is 0 Å². The Morgan fingerprint density at radius 3 is 3.25 bits per heavy atom. The second-order valence-electron chi connectivity index (χ2n) is 2.97. The Balaban J connectivity index is 2.42. The van der Waals surface area contributed by atoms with Crippen molar-refractivity contribution in [3.05, 3.63) is 24.0 Å². The van der Waals surface area contributed by atoms with Gasteiger partial charge in [-0.25, -0.2) is 4.39 Å². The Hall–Kier alpha value is -0.700. The predicted octanol–water partition coefficient (Wildman–Crippen LogP) is 2.73. The summed E-state index contributed by atoms with van der Waals surface area (Å²) in [4.78, 5) is 0.760. The van der Waals surface area contributed by atoms with Crippen molar-refractivity contribution in [2.45, 2.75) is 17.9 Å². The summed E-state index contributed by atoms with van der Waals surface area (Å²) >= 11 is 1.59. The Labute approximate surface area is 75.4 Å². The zero-order valence-electron chi connectivity index (χ0n) is 6.80. The highest BCUT2D eigenvalue weighted by atomic mass is 32.2. The molecule has 1 aliphatic heterocycles. The van der Waals surface area contributed by atoms with E-state index in [1.165, 1.54) is 6.07 Å². The number of fused-ring (bicyclic) bond motifs is 1. The predicted molar refractivity (Wildman–Crippen MR) is 50.2 cm³/mol. The number of benzene rings is 1. The third-order valence-electron chi connectivity index (χ3n) is 1.85. The summed E-state index contributed by atoms with van der Waals surface area (Å²) in [6, 6.07) is 5.59. The van der Waals surface area contributed by atoms with Crippen LogP contribution in [0, 0.1) is 5.82 Å². The minimum absolute atomic E-state index is 0.114. The van der Waals surface area contributed by atoms with Gasteiger partial charge in [0, 0.05) is 11.8 Å². The molecular formula is C9H10FNS. The van der Waals surface area contributed by atoms with Gasteiger partial charge in [0.15, 0.2) is 0 Å². The summed E-state index contributed by atoms with van der Waals surface area (Å²) < 4.78 is 13.1. The lowest BCUT2D eigenvalue weighted by atomic mass is 10.2. The zero-order chi connectivity index (χ0) is 8.55. The molecule has 2 rings (SSSR count). The van der Waals surface area contributed by atoms with Crippen LogP contribution in [0.5, 0.6) is 0 Å². The largest absolute Gasteiger partial charge is 0.381 e. The van der Waals surface area contributed by atoms with Crippen molar-refractivity contribution in [1.29, 1.82) is 0 Å². The smallest absolute Gasteiger partial charge is 0.138 e. The van der Waals surface area contributed by atoms with Gasteiger partial charge in [0.1, 0.15) is 5.82 Å². The molecule has 1 aromatic rings. The molecule has 0 amide bonds. The summed E-state index contributed by atoms with van der Waals surface area (Å²) in [7, 11) is 0. The van der Waals surface area contributed by atoms with Crippen LogP contribution in [0.2, 0.25) is 0 Å². The molecule has 1 N–H and O–H groups in total. The van der Waals surface area contributed by atoms with Gasteiger partial charge in [-0.15, -0.1) is 11.8 Å². The van der Waals surface area contributed by atoms with Gasteiger partial charge in [-0.2, -0.15) is 0 Å². The minimum Gasteiger partial charge on any atom is -0.381 e. The molecular weight excluding hydrogens is 173 g/mol. The number of hydrogen-bond donors (Lipinski definition) is 1. The standard InChI is InChI=1S/C9H10FNS/c1-6-5-12-9-7(10)3-2-4-8(9)11-6/h2-4,6,11H,5H2,1H3. The minimum atomic E-state index is -0.114. The summed E-state index contributed by atoms with van der Waals surface area (Å²) in [6.07, 6.45) is 0. The highest BCUT2D eigenvalue weighted by molar-refractivity contribution is 7.99. The number of rotatable bonds is 0. The lowest BCUT2D eigenvalue weighted by Crippen LogP contribution is -2.22. The van der Waals surface area contributed by atoms with Crippen molar-refractivity contribution in [2.24, 2.45) is 0 Å². The molecule has 1 heterocycles. The van der Waals surface area contributed by atoms with E-state index >= 15 is 0 Å². The first-order valence-electron chi connectivity index (χ1n) is 3.95. The molecule has 3 heteroatoms. The van der Waals surface area contributed by atoms with Gasteiger partial charge < -0.3 is 5.32 Å². The van der Waals surface area contributed by atoms with Crippen LogP contribution in [0.25, 0.3) is 0 Å². The van der Waals surface area contributed by atoms with Crippen molar-refractivity contribution in [2.75, 3.05) is 11.1 Å². The molecule has 12 heavy (non-hydrogen) atoms. The molecule has 0 radical (unpaired) electrons. The molecule has 0 bridgehead atoms. The molecule has 0 aromatic heterocycles. The van der Waals surface area contributed by atoms with Crippen molar-refractivity contribution in [3.8, 4) is 0 Å². The van der Waals surface area contributed by atoms with E-state index in [4.69, 9.17) is 0 Å². The molecule has 64 valence electrons. The van der Waals surface area contributed by atoms with Crippen LogP contribution < -0.4 is 5.32 Å². The number of halogens is 1. The highest BCUT2D eigenvalue weighted by Crippen LogP contribution is 2.34. The van der Waals surface area contributed by atoms with Crippen LogP contribution in [0.3, 0.4) is 0 Å². The second-order valence-corrected chi connectivity index (χ2v) is 4.00. The van der Waals surface area contributed by atoms with Gasteiger partial charge in [0.2, 0.25) is 0 Å². The van der Waals surface area contributed by atoms with Gasteiger partial charge in [-0.1, -0.05) is 6.07 Å². The van der Waals surface area contributed by atoms with E-state index in [1.807, 2.05) is 6.07 Å². The number of anilines is 1. The van der Waals surface area contributed by atoms with Crippen molar-refractivity contribution in [3.63, 3.8) is 0 Å². The normalized spacial score (nSPS) is 21.3. The highest BCUT2D eigenvalue weighted by Gasteiger charge is 2.16. The monoisotopic (exact) mass is 183 g/mol. The molecule has 0 saturated carbocycles. The maximum atomic E-state index is 13.1. The molecule has 0 fully saturated rings. The molecule has 0 aliphatic carbocycles. The fraction of sp³-hybridized carbons (Fsp3) is 0.333. The van der Waals surface area contributed by atoms with Gasteiger partial charge >= 0.3 is 0 Å². The average Bonchev–Trinajstić information content (AvgIpc) is 2.04. The lowest BCUT2D eigenvalue weighted by Gasteiger charge is -2.23. The van der Waals surface area contributed by atoms with Gasteiger partial charge in [0.25, 0.3) is 0 Å². The Bertz CT molecular complexity index is 301. The van der Waals surface area contributed by atoms with Gasteiger partial charge in [-0.05, 0) is 19.1 Å². The molecule has 1 unspecified atom stereocenters. The van der Waals surface area contributed by atoms with Crippen LogP contribution in [0.1, 0.15) is 6.92 Å². The summed E-state index contributed by atoms with van der Waals surface area (Å²) in [6.45, 7) is 2.10. The quantitative estimate of drug-likeness (QED) is 0.663. The fourth-order valence-corrected chi connectivity index (χ4v) is 2.27. The van der Waals surface area contributed by atoms with E-state index in [2.05, 4.69) is 12.2 Å². The van der Waals surface area contributed by atoms with E-state index < -0.39 is 0 Å². The van der Waals surface area contributed by atoms with E-state index in [0.717, 1.165) is 16.3 Å². The Kier molecular flexibility index (Phi) is 1.97. The third-order valence-corrected chi connectivity index (χ3v) is 3.22. The van der Waals surface area contributed by atoms with Crippen LogP contribution >= 0.6 is 11.8 Å². The Morgan fingerprint density at radius 2 is 2.42 bits per heavy atom. The maximum absolute atomic E-state index is 13.1. The number of nitrogens with one attached hydrogen (secondary N) is 1. The van der Waals surface area contributed by atoms with Gasteiger partial charge in [0.05, 0.1) is 10.6 Å². The first-order chi connectivity index (χ1) is 5.77. The third kappa shape index (κ3) is 1.29. The summed E-state index contributed by atoms with van der Waals surface area (Å²) in [5, 5.41) is 3.24. The van der Waals surface area contributed by atoms with E-state index in [1.54, 1.807) is 17.8 Å². The van der Waals surface area contributed by atoms with Crippen LogP contribution in [0.4, 0.5) is 10.1 Å².